The smallest absolute Gasteiger partial charge is 0.412 e. The molecule has 0 bridgehead atoms. The van der Waals surface area contributed by atoms with E-state index in [-0.39, 0.29) is 0 Å². The molecular formula is C15H19NO4. The number of hydrogen-bond donors (Lipinski definition) is 1. The molecular weight excluding hydrogens is 258 g/mol. The summed E-state index contributed by atoms with van der Waals surface area (Å²) in [6, 6.07) is 4.75. The molecule has 5 heteroatoms. The fourth-order valence-corrected chi connectivity index (χ4v) is 1.50. The highest BCUT2D eigenvalue weighted by molar-refractivity contribution is 5.93. The van der Waals surface area contributed by atoms with Crippen molar-refractivity contribution in [3.05, 3.63) is 35.9 Å². The fourth-order valence-electron chi connectivity index (χ4n) is 1.50. The van der Waals surface area contributed by atoms with Crippen molar-refractivity contribution in [2.24, 2.45) is 0 Å². The number of ether oxygens (including phenoxy) is 2. The zero-order chi connectivity index (χ0) is 15.3. The molecule has 5 nitrogen and oxygen atoms in total. The van der Waals surface area contributed by atoms with Gasteiger partial charge in [0.05, 0.1) is 18.4 Å². The molecule has 0 aliphatic heterocycles. The van der Waals surface area contributed by atoms with Gasteiger partial charge in [-0.15, -0.1) is 0 Å². The van der Waals surface area contributed by atoms with Gasteiger partial charge in [0.25, 0.3) is 0 Å². The van der Waals surface area contributed by atoms with Gasteiger partial charge in [0.15, 0.2) is 0 Å². The summed E-state index contributed by atoms with van der Waals surface area (Å²) in [6.45, 7) is 8.99. The van der Waals surface area contributed by atoms with Crippen LogP contribution in [0.25, 0.3) is 6.08 Å². The summed E-state index contributed by atoms with van der Waals surface area (Å²) in [4.78, 5) is 23.1. The van der Waals surface area contributed by atoms with E-state index in [2.05, 4.69) is 16.6 Å². The Bertz CT molecular complexity index is 529. The minimum Gasteiger partial charge on any atom is -0.465 e. The Morgan fingerprint density at radius 2 is 1.95 bits per heavy atom. The van der Waals surface area contributed by atoms with Crippen LogP contribution in [-0.4, -0.2) is 24.8 Å². The molecule has 0 radical (unpaired) electrons. The van der Waals surface area contributed by atoms with Crippen LogP contribution in [0.15, 0.2) is 24.8 Å². The van der Waals surface area contributed by atoms with E-state index in [1.807, 2.05) is 0 Å². The highest BCUT2D eigenvalue weighted by atomic mass is 16.6. The van der Waals surface area contributed by atoms with Crippen molar-refractivity contribution in [2.45, 2.75) is 26.4 Å². The molecule has 0 fully saturated rings. The number of hydrogen-bond acceptors (Lipinski definition) is 4. The van der Waals surface area contributed by atoms with Crippen LogP contribution >= 0.6 is 0 Å². The normalized spacial score (nSPS) is 10.6. The van der Waals surface area contributed by atoms with E-state index in [9.17, 15) is 9.59 Å². The number of rotatable bonds is 3. The van der Waals surface area contributed by atoms with Crippen LogP contribution in [0, 0.1) is 0 Å². The number of nitrogens with one attached hydrogen (secondary N) is 1. The maximum Gasteiger partial charge on any atom is 0.412 e. The lowest BCUT2D eigenvalue weighted by Crippen LogP contribution is -2.27. The number of methoxy groups -OCH3 is 1. The van der Waals surface area contributed by atoms with Gasteiger partial charge in [-0.25, -0.2) is 9.59 Å². The van der Waals surface area contributed by atoms with Gasteiger partial charge in [0.1, 0.15) is 5.60 Å². The Balaban J connectivity index is 2.94. The highest BCUT2D eigenvalue weighted by Crippen LogP contribution is 2.20. The molecule has 1 rings (SSSR count). The van der Waals surface area contributed by atoms with Crippen LogP contribution in [0.1, 0.15) is 36.7 Å². The second-order valence-corrected chi connectivity index (χ2v) is 5.12. The third kappa shape index (κ3) is 4.42. The SMILES string of the molecule is C=Cc1cc(C(=O)OC)ccc1NC(=O)OC(C)(C)C. The van der Waals surface area contributed by atoms with Crippen molar-refractivity contribution in [1.29, 1.82) is 0 Å². The summed E-state index contributed by atoms with van der Waals surface area (Å²) in [7, 11) is 1.31. The van der Waals surface area contributed by atoms with Crippen molar-refractivity contribution in [3.8, 4) is 0 Å². The fraction of sp³-hybridized carbons (Fsp3) is 0.333. The molecule has 0 unspecified atom stereocenters. The first-order chi connectivity index (χ1) is 9.26. The molecule has 1 N–H and O–H groups in total. The third-order valence-corrected chi connectivity index (χ3v) is 2.33. The highest BCUT2D eigenvalue weighted by Gasteiger charge is 2.17. The summed E-state index contributed by atoms with van der Waals surface area (Å²) in [5, 5.41) is 2.62. The van der Waals surface area contributed by atoms with E-state index in [4.69, 9.17) is 4.74 Å². The monoisotopic (exact) mass is 277 g/mol. The van der Waals surface area contributed by atoms with Gasteiger partial charge in [-0.1, -0.05) is 12.7 Å². The van der Waals surface area contributed by atoms with E-state index < -0.39 is 17.7 Å². The number of esters is 1. The van der Waals surface area contributed by atoms with Gasteiger partial charge in [-0.2, -0.15) is 0 Å². The molecule has 0 spiro atoms. The van der Waals surface area contributed by atoms with Crippen LogP contribution in [0.2, 0.25) is 0 Å². The first-order valence-electron chi connectivity index (χ1n) is 6.11. The van der Waals surface area contributed by atoms with Gasteiger partial charge in [0, 0.05) is 0 Å². The summed E-state index contributed by atoms with van der Waals surface area (Å²) < 4.78 is 9.80. The Morgan fingerprint density at radius 3 is 2.45 bits per heavy atom. The standard InChI is InChI=1S/C15H19NO4/c1-6-10-9-11(13(17)19-5)7-8-12(10)16-14(18)20-15(2,3)4/h6-9H,1H2,2-5H3,(H,16,18). The molecule has 1 aromatic carbocycles. The number of amides is 1. The van der Waals surface area contributed by atoms with E-state index in [0.717, 1.165) is 0 Å². The molecule has 0 heterocycles. The van der Waals surface area contributed by atoms with Gasteiger partial charge >= 0.3 is 12.1 Å². The predicted octanol–water partition coefficient (Wildman–Crippen LogP) is 3.46. The summed E-state index contributed by atoms with van der Waals surface area (Å²) in [5.74, 6) is -0.447. The van der Waals surface area contributed by atoms with Crippen molar-refractivity contribution in [1.82, 2.24) is 0 Å². The number of carbonyl (C=O) groups is 2. The first-order valence-corrected chi connectivity index (χ1v) is 6.11. The minimum atomic E-state index is -0.579. The Morgan fingerprint density at radius 1 is 1.30 bits per heavy atom. The predicted molar refractivity (Wildman–Crippen MR) is 77.7 cm³/mol. The van der Waals surface area contributed by atoms with Crippen LogP contribution in [0.5, 0.6) is 0 Å². The van der Waals surface area contributed by atoms with Gasteiger partial charge in [0.2, 0.25) is 0 Å². The van der Waals surface area contributed by atoms with Crippen molar-refractivity contribution >= 4 is 23.8 Å². The van der Waals surface area contributed by atoms with Gasteiger partial charge in [-0.3, -0.25) is 5.32 Å². The number of carbonyl (C=O) groups excluding carboxylic acids is 2. The summed E-state index contributed by atoms with van der Waals surface area (Å²) >= 11 is 0. The molecule has 0 aliphatic carbocycles. The van der Waals surface area contributed by atoms with Crippen LogP contribution in [0.3, 0.4) is 0 Å². The maximum atomic E-state index is 11.7. The minimum absolute atomic E-state index is 0.386. The van der Waals surface area contributed by atoms with Crippen LogP contribution in [-0.2, 0) is 9.47 Å². The lowest BCUT2D eigenvalue weighted by molar-refractivity contribution is 0.0599. The van der Waals surface area contributed by atoms with Crippen molar-refractivity contribution in [2.75, 3.05) is 12.4 Å². The van der Waals surface area contributed by atoms with E-state index in [0.29, 0.717) is 16.8 Å². The molecule has 0 saturated carbocycles. The molecule has 0 aliphatic rings. The van der Waals surface area contributed by atoms with Crippen molar-refractivity contribution < 1.29 is 19.1 Å². The second-order valence-electron chi connectivity index (χ2n) is 5.12. The second kappa shape index (κ2) is 6.23. The average molecular weight is 277 g/mol. The Hall–Kier alpha value is -2.30. The zero-order valence-electron chi connectivity index (χ0n) is 12.1. The Kier molecular flexibility index (Phi) is 4.91. The molecule has 1 aromatic rings. The lowest BCUT2D eigenvalue weighted by Gasteiger charge is -2.20. The van der Waals surface area contributed by atoms with Crippen LogP contribution < -0.4 is 5.32 Å². The molecule has 0 saturated heterocycles. The van der Waals surface area contributed by atoms with Crippen molar-refractivity contribution in [3.63, 3.8) is 0 Å². The van der Waals surface area contributed by atoms with E-state index in [1.54, 1.807) is 45.0 Å². The topological polar surface area (TPSA) is 64.6 Å². The van der Waals surface area contributed by atoms with Gasteiger partial charge < -0.3 is 9.47 Å². The summed E-state index contributed by atoms with van der Waals surface area (Å²) in [6.07, 6.45) is 0.977. The lowest BCUT2D eigenvalue weighted by atomic mass is 10.1. The molecule has 108 valence electrons. The largest absolute Gasteiger partial charge is 0.465 e. The zero-order valence-corrected chi connectivity index (χ0v) is 12.1. The van der Waals surface area contributed by atoms with Crippen LogP contribution in [0.4, 0.5) is 10.5 Å². The number of anilines is 1. The molecule has 0 atom stereocenters. The third-order valence-electron chi connectivity index (χ3n) is 2.33. The molecule has 20 heavy (non-hydrogen) atoms. The molecule has 0 aromatic heterocycles. The number of benzene rings is 1. The summed E-state index contributed by atoms with van der Waals surface area (Å²) in [5.41, 5.74) is 0.933. The Labute approximate surface area is 118 Å². The van der Waals surface area contributed by atoms with E-state index >= 15 is 0 Å². The van der Waals surface area contributed by atoms with Gasteiger partial charge in [-0.05, 0) is 44.5 Å². The average Bonchev–Trinajstić information content (AvgIpc) is 2.36. The maximum absolute atomic E-state index is 11.7. The quantitative estimate of drug-likeness (QED) is 0.859. The first kappa shape index (κ1) is 15.8. The van der Waals surface area contributed by atoms with E-state index in [1.165, 1.54) is 7.11 Å². The molecule has 1 amide bonds.